The Labute approximate surface area is 109 Å². The summed E-state index contributed by atoms with van der Waals surface area (Å²) in [6.07, 6.45) is 4.51. The third kappa shape index (κ3) is 3.62. The van der Waals surface area contributed by atoms with Gasteiger partial charge in [0.25, 0.3) is 0 Å². The summed E-state index contributed by atoms with van der Waals surface area (Å²) in [6.45, 7) is 4.55. The van der Waals surface area contributed by atoms with Crippen molar-refractivity contribution in [3.8, 4) is 0 Å². The van der Waals surface area contributed by atoms with Gasteiger partial charge in [-0.3, -0.25) is 4.79 Å². The summed E-state index contributed by atoms with van der Waals surface area (Å²) >= 11 is 0. The van der Waals surface area contributed by atoms with Gasteiger partial charge in [0.2, 0.25) is 0 Å². The van der Waals surface area contributed by atoms with Crippen LogP contribution in [0.25, 0.3) is 0 Å². The summed E-state index contributed by atoms with van der Waals surface area (Å²) in [4.78, 5) is 26.5. The fourth-order valence-electron chi connectivity index (χ4n) is 2.55. The predicted octanol–water partition coefficient (Wildman–Crippen LogP) is 2.02. The zero-order chi connectivity index (χ0) is 13.7. The van der Waals surface area contributed by atoms with Crippen molar-refractivity contribution in [2.24, 2.45) is 5.92 Å². The fourth-order valence-corrected chi connectivity index (χ4v) is 2.55. The first kappa shape index (κ1) is 14.8. The number of carbonyl (C=O) groups excluding carboxylic acids is 1. The smallest absolute Gasteiger partial charge is 0.320 e. The highest BCUT2D eigenvalue weighted by atomic mass is 16.4. The molecular weight excluding hydrogens is 232 g/mol. The molecule has 0 aromatic rings. The lowest BCUT2D eigenvalue weighted by atomic mass is 10.2. The van der Waals surface area contributed by atoms with Crippen molar-refractivity contribution >= 4 is 12.0 Å². The average molecular weight is 256 g/mol. The van der Waals surface area contributed by atoms with Crippen LogP contribution in [0.4, 0.5) is 4.79 Å². The highest BCUT2D eigenvalue weighted by Gasteiger charge is 2.28. The molecule has 18 heavy (non-hydrogen) atoms. The van der Waals surface area contributed by atoms with Gasteiger partial charge in [-0.25, -0.2) is 4.79 Å². The molecule has 0 radical (unpaired) electrons. The van der Waals surface area contributed by atoms with Crippen LogP contribution < -0.4 is 0 Å². The number of carboxylic acids is 1. The van der Waals surface area contributed by atoms with E-state index in [0.29, 0.717) is 12.6 Å². The van der Waals surface area contributed by atoms with E-state index in [1.165, 1.54) is 17.7 Å². The number of aliphatic carboxylic acids is 1. The molecule has 1 aliphatic carbocycles. The van der Waals surface area contributed by atoms with Crippen molar-refractivity contribution in [3.05, 3.63) is 0 Å². The van der Waals surface area contributed by atoms with Crippen molar-refractivity contribution in [1.82, 2.24) is 9.80 Å². The number of hydrogen-bond donors (Lipinski definition) is 1. The van der Waals surface area contributed by atoms with E-state index in [-0.39, 0.29) is 12.6 Å². The zero-order valence-electron chi connectivity index (χ0n) is 11.6. The Morgan fingerprint density at radius 1 is 1.33 bits per heavy atom. The number of rotatable bonds is 5. The van der Waals surface area contributed by atoms with E-state index in [2.05, 4.69) is 0 Å². The molecule has 5 heteroatoms. The van der Waals surface area contributed by atoms with Gasteiger partial charge in [-0.2, -0.15) is 0 Å². The lowest BCUT2D eigenvalue weighted by molar-refractivity contribution is -0.141. The molecule has 1 fully saturated rings. The average Bonchev–Trinajstić information content (AvgIpc) is 2.83. The van der Waals surface area contributed by atoms with Gasteiger partial charge < -0.3 is 14.9 Å². The Kier molecular flexibility index (Phi) is 5.44. The van der Waals surface area contributed by atoms with Gasteiger partial charge in [-0.05, 0) is 19.8 Å². The van der Waals surface area contributed by atoms with Crippen LogP contribution in [0.1, 0.15) is 39.5 Å². The number of urea groups is 1. The third-order valence-corrected chi connectivity index (χ3v) is 3.65. The molecule has 0 bridgehead atoms. The first-order valence-corrected chi connectivity index (χ1v) is 6.71. The highest BCUT2D eigenvalue weighted by molar-refractivity contribution is 5.76. The van der Waals surface area contributed by atoms with Crippen molar-refractivity contribution in [2.75, 3.05) is 20.1 Å². The van der Waals surface area contributed by atoms with E-state index >= 15 is 0 Å². The molecule has 1 saturated carbocycles. The summed E-state index contributed by atoms with van der Waals surface area (Å²) in [5, 5.41) is 8.87. The number of carbonyl (C=O) groups is 2. The molecule has 0 aromatic heterocycles. The van der Waals surface area contributed by atoms with Crippen molar-refractivity contribution in [3.63, 3.8) is 0 Å². The van der Waals surface area contributed by atoms with E-state index in [9.17, 15) is 9.59 Å². The molecule has 0 aliphatic heterocycles. The van der Waals surface area contributed by atoms with Crippen LogP contribution in [0.3, 0.4) is 0 Å². The van der Waals surface area contributed by atoms with Crippen LogP contribution in [0.5, 0.6) is 0 Å². The minimum atomic E-state index is -0.862. The maximum atomic E-state index is 12.3. The molecule has 1 unspecified atom stereocenters. The lowest BCUT2D eigenvalue weighted by Crippen LogP contribution is -2.47. The molecule has 0 saturated heterocycles. The van der Waals surface area contributed by atoms with Crippen LogP contribution in [0.2, 0.25) is 0 Å². The number of amides is 2. The van der Waals surface area contributed by atoms with Crippen LogP contribution in [-0.2, 0) is 4.79 Å². The van der Waals surface area contributed by atoms with Crippen LogP contribution in [-0.4, -0.2) is 53.1 Å². The molecule has 1 aliphatic rings. The monoisotopic (exact) mass is 256 g/mol. The second-order valence-corrected chi connectivity index (χ2v) is 5.13. The molecule has 5 nitrogen and oxygen atoms in total. The number of carboxylic acid groups (broad SMARTS) is 1. The normalized spacial score (nSPS) is 17.5. The SMILES string of the molecule is CCN(C(=O)N(C)CC(C)C(=O)O)C1CCCC1. The van der Waals surface area contributed by atoms with Crippen LogP contribution >= 0.6 is 0 Å². The summed E-state index contributed by atoms with van der Waals surface area (Å²) in [5.74, 6) is -1.39. The van der Waals surface area contributed by atoms with E-state index in [0.717, 1.165) is 12.8 Å². The summed E-state index contributed by atoms with van der Waals surface area (Å²) < 4.78 is 0. The standard InChI is InChI=1S/C13H24N2O3/c1-4-15(11-7-5-6-8-11)13(18)14(3)9-10(2)12(16)17/h10-11H,4-9H2,1-3H3,(H,16,17). The molecule has 2 amide bonds. The first-order valence-electron chi connectivity index (χ1n) is 6.71. The second kappa shape index (κ2) is 6.61. The first-order chi connectivity index (χ1) is 8.47. The third-order valence-electron chi connectivity index (χ3n) is 3.65. The highest BCUT2D eigenvalue weighted by Crippen LogP contribution is 2.24. The quantitative estimate of drug-likeness (QED) is 0.818. The Morgan fingerprint density at radius 3 is 2.33 bits per heavy atom. The lowest BCUT2D eigenvalue weighted by Gasteiger charge is -2.32. The van der Waals surface area contributed by atoms with E-state index in [4.69, 9.17) is 5.11 Å². The topological polar surface area (TPSA) is 60.9 Å². The Morgan fingerprint density at radius 2 is 1.89 bits per heavy atom. The molecular formula is C13H24N2O3. The van der Waals surface area contributed by atoms with E-state index in [1.807, 2.05) is 11.8 Å². The van der Waals surface area contributed by atoms with E-state index < -0.39 is 11.9 Å². The van der Waals surface area contributed by atoms with Crippen molar-refractivity contribution in [1.29, 1.82) is 0 Å². The Balaban J connectivity index is 2.57. The number of hydrogen-bond acceptors (Lipinski definition) is 2. The van der Waals surface area contributed by atoms with Crippen molar-refractivity contribution < 1.29 is 14.7 Å². The molecule has 1 N–H and O–H groups in total. The summed E-state index contributed by atoms with van der Waals surface area (Å²) in [7, 11) is 1.68. The van der Waals surface area contributed by atoms with Gasteiger partial charge in [0.15, 0.2) is 0 Å². The van der Waals surface area contributed by atoms with Gasteiger partial charge in [-0.15, -0.1) is 0 Å². The fraction of sp³-hybridized carbons (Fsp3) is 0.846. The maximum Gasteiger partial charge on any atom is 0.320 e. The predicted molar refractivity (Wildman–Crippen MR) is 69.5 cm³/mol. The molecule has 0 spiro atoms. The summed E-state index contributed by atoms with van der Waals surface area (Å²) in [6, 6.07) is 0.294. The van der Waals surface area contributed by atoms with Gasteiger partial charge >= 0.3 is 12.0 Å². The maximum absolute atomic E-state index is 12.3. The van der Waals surface area contributed by atoms with Gasteiger partial charge in [-0.1, -0.05) is 19.8 Å². The molecule has 0 aromatic carbocycles. The van der Waals surface area contributed by atoms with Crippen molar-refractivity contribution in [2.45, 2.75) is 45.6 Å². The minimum absolute atomic E-state index is 0.0440. The Hall–Kier alpha value is -1.26. The molecule has 104 valence electrons. The van der Waals surface area contributed by atoms with Gasteiger partial charge in [0, 0.05) is 26.2 Å². The minimum Gasteiger partial charge on any atom is -0.481 e. The van der Waals surface area contributed by atoms with E-state index in [1.54, 1.807) is 14.0 Å². The second-order valence-electron chi connectivity index (χ2n) is 5.13. The zero-order valence-corrected chi connectivity index (χ0v) is 11.6. The summed E-state index contributed by atoms with van der Waals surface area (Å²) in [5.41, 5.74) is 0. The number of nitrogens with zero attached hydrogens (tertiary/aromatic N) is 2. The van der Waals surface area contributed by atoms with Gasteiger partial charge in [0.05, 0.1) is 5.92 Å². The molecule has 1 atom stereocenters. The largest absolute Gasteiger partial charge is 0.481 e. The van der Waals surface area contributed by atoms with Crippen LogP contribution in [0.15, 0.2) is 0 Å². The molecule has 0 heterocycles. The molecule has 1 rings (SSSR count). The van der Waals surface area contributed by atoms with Gasteiger partial charge in [0.1, 0.15) is 0 Å². The Bertz CT molecular complexity index is 301. The van der Waals surface area contributed by atoms with Crippen LogP contribution in [0, 0.1) is 5.92 Å².